The third-order valence-corrected chi connectivity index (χ3v) is 10.8. The van der Waals surface area contributed by atoms with E-state index in [0.29, 0.717) is 42.3 Å². The van der Waals surface area contributed by atoms with Crippen LogP contribution in [0, 0.1) is 6.92 Å². The summed E-state index contributed by atoms with van der Waals surface area (Å²) in [7, 11) is 1.36. The Hall–Kier alpha value is -3.97. The van der Waals surface area contributed by atoms with Crippen LogP contribution in [0.2, 0.25) is 0 Å². The first-order chi connectivity index (χ1) is 21.5. The fraction of sp³-hybridized carbons (Fsp3) is 0.432. The van der Waals surface area contributed by atoms with Gasteiger partial charge >= 0.3 is 5.97 Å². The van der Waals surface area contributed by atoms with Gasteiger partial charge in [-0.2, -0.15) is 0 Å². The number of hydrogen-bond acceptors (Lipinski definition) is 5. The molecule has 7 nitrogen and oxygen atoms in total. The molecule has 3 fully saturated rings. The Morgan fingerprint density at radius 3 is 2.27 bits per heavy atom. The second kappa shape index (κ2) is 11.8. The molecule has 0 N–H and O–H groups in total. The number of likely N-dealkylation sites (tertiary alicyclic amines) is 1. The number of methoxy groups -OCH3 is 1. The van der Waals surface area contributed by atoms with Crippen molar-refractivity contribution in [2.24, 2.45) is 0 Å². The molecule has 0 aliphatic carbocycles. The molecule has 44 heavy (non-hydrogen) atoms. The number of nitrogens with zero attached hydrogens (tertiary/aromatic N) is 4. The molecule has 7 rings (SSSR count). The van der Waals surface area contributed by atoms with E-state index in [0.717, 1.165) is 37.1 Å². The Balaban J connectivity index is 1.05. The van der Waals surface area contributed by atoms with E-state index in [9.17, 15) is 9.59 Å². The van der Waals surface area contributed by atoms with Crippen molar-refractivity contribution in [1.82, 2.24) is 19.4 Å². The third-order valence-electron chi connectivity index (χ3n) is 10.8. The molecule has 3 aliphatic heterocycles. The average Bonchev–Trinajstić information content (AvgIpc) is 3.53. The van der Waals surface area contributed by atoms with Crippen molar-refractivity contribution in [2.45, 2.75) is 75.4 Å². The highest BCUT2D eigenvalue weighted by atomic mass is 16.5. The molecular weight excluding hydrogens is 548 g/mol. The number of benzene rings is 3. The van der Waals surface area contributed by atoms with Crippen molar-refractivity contribution in [1.29, 1.82) is 0 Å². The molecule has 3 aromatic carbocycles. The molecule has 1 amide bonds. The summed E-state index contributed by atoms with van der Waals surface area (Å²) in [5.41, 5.74) is 4.75. The zero-order chi connectivity index (χ0) is 30.3. The van der Waals surface area contributed by atoms with Gasteiger partial charge < -0.3 is 14.2 Å². The Kier molecular flexibility index (Phi) is 7.75. The number of imidazole rings is 1. The molecule has 3 saturated heterocycles. The van der Waals surface area contributed by atoms with Gasteiger partial charge in [0.1, 0.15) is 5.82 Å². The number of aromatic nitrogens is 2. The molecule has 1 unspecified atom stereocenters. The molecular formula is C37H42N4O3. The molecule has 3 aliphatic rings. The fourth-order valence-corrected chi connectivity index (χ4v) is 8.48. The molecule has 228 valence electrons. The number of carbonyl (C=O) groups excluding carboxylic acids is 2. The van der Waals surface area contributed by atoms with Crippen LogP contribution in [0.4, 0.5) is 0 Å². The predicted molar refractivity (Wildman–Crippen MR) is 172 cm³/mol. The Morgan fingerprint density at radius 2 is 1.55 bits per heavy atom. The first kappa shape index (κ1) is 28.8. The van der Waals surface area contributed by atoms with Crippen molar-refractivity contribution in [3.63, 3.8) is 0 Å². The van der Waals surface area contributed by atoms with E-state index in [1.54, 1.807) is 24.3 Å². The first-order valence-electron chi connectivity index (χ1n) is 16.2. The summed E-state index contributed by atoms with van der Waals surface area (Å²) < 4.78 is 7.38. The summed E-state index contributed by atoms with van der Waals surface area (Å²) in [6, 6.07) is 28.1. The number of ether oxygens (including phenoxy) is 1. The molecule has 3 atom stereocenters. The lowest BCUT2D eigenvalue weighted by Crippen LogP contribution is -2.49. The maximum Gasteiger partial charge on any atom is 0.337 e. The smallest absolute Gasteiger partial charge is 0.337 e. The van der Waals surface area contributed by atoms with Gasteiger partial charge in [-0.3, -0.25) is 9.69 Å². The lowest BCUT2D eigenvalue weighted by Gasteiger charge is -2.45. The SMILES string of the molecule is COC(=O)c1cccc(C(=O)N2CCC(CCN3[C@@H]4CC[C@H]3CC(n3c(C)nc5ccccc53)C4)(c3ccccc3)CC2)c1. The molecule has 2 bridgehead atoms. The summed E-state index contributed by atoms with van der Waals surface area (Å²) in [6.45, 7) is 4.66. The summed E-state index contributed by atoms with van der Waals surface area (Å²) >= 11 is 0. The summed E-state index contributed by atoms with van der Waals surface area (Å²) in [5, 5.41) is 0. The van der Waals surface area contributed by atoms with Gasteiger partial charge in [0.25, 0.3) is 5.91 Å². The molecule has 4 heterocycles. The van der Waals surface area contributed by atoms with E-state index in [-0.39, 0.29) is 11.3 Å². The van der Waals surface area contributed by atoms with Gasteiger partial charge in [0.2, 0.25) is 0 Å². The van der Waals surface area contributed by atoms with Crippen molar-refractivity contribution in [3.8, 4) is 0 Å². The van der Waals surface area contributed by atoms with Gasteiger partial charge in [-0.15, -0.1) is 0 Å². The van der Waals surface area contributed by atoms with Crippen molar-refractivity contribution >= 4 is 22.9 Å². The van der Waals surface area contributed by atoms with Crippen LogP contribution in [0.3, 0.4) is 0 Å². The van der Waals surface area contributed by atoms with Crippen molar-refractivity contribution in [2.75, 3.05) is 26.7 Å². The van der Waals surface area contributed by atoms with Gasteiger partial charge in [0, 0.05) is 36.8 Å². The first-order valence-corrected chi connectivity index (χ1v) is 16.2. The zero-order valence-electron chi connectivity index (χ0n) is 25.8. The Bertz CT molecular complexity index is 1640. The van der Waals surface area contributed by atoms with E-state index in [1.807, 2.05) is 4.90 Å². The van der Waals surface area contributed by atoms with Gasteiger partial charge in [-0.1, -0.05) is 48.5 Å². The number of aryl methyl sites for hydroxylation is 1. The van der Waals surface area contributed by atoms with Gasteiger partial charge in [0.15, 0.2) is 0 Å². The van der Waals surface area contributed by atoms with Gasteiger partial charge in [-0.25, -0.2) is 9.78 Å². The number of piperidine rings is 2. The molecule has 0 spiro atoms. The largest absolute Gasteiger partial charge is 0.465 e. The minimum atomic E-state index is -0.423. The molecule has 1 aromatic heterocycles. The number of hydrogen-bond donors (Lipinski definition) is 0. The maximum absolute atomic E-state index is 13.5. The van der Waals surface area contributed by atoms with Gasteiger partial charge in [0.05, 0.1) is 23.7 Å². The maximum atomic E-state index is 13.5. The zero-order valence-corrected chi connectivity index (χ0v) is 25.8. The number of esters is 1. The van der Waals surface area contributed by atoms with E-state index < -0.39 is 5.97 Å². The van der Waals surface area contributed by atoms with E-state index in [4.69, 9.17) is 9.72 Å². The fourth-order valence-electron chi connectivity index (χ4n) is 8.48. The minimum absolute atomic E-state index is 0.0140. The Morgan fingerprint density at radius 1 is 0.864 bits per heavy atom. The summed E-state index contributed by atoms with van der Waals surface area (Å²) in [5.74, 6) is 0.693. The highest BCUT2D eigenvalue weighted by Gasteiger charge is 2.44. The molecule has 0 saturated carbocycles. The van der Waals surface area contributed by atoms with Crippen LogP contribution in [0.25, 0.3) is 11.0 Å². The van der Waals surface area contributed by atoms with Crippen LogP contribution in [-0.2, 0) is 10.2 Å². The number of rotatable bonds is 7. The summed E-state index contributed by atoms with van der Waals surface area (Å²) in [6.07, 6.45) is 7.89. The monoisotopic (exact) mass is 590 g/mol. The van der Waals surface area contributed by atoms with Crippen LogP contribution in [-0.4, -0.2) is 70.1 Å². The quantitative estimate of drug-likeness (QED) is 0.228. The van der Waals surface area contributed by atoms with Crippen molar-refractivity contribution in [3.05, 3.63) is 101 Å². The molecule has 7 heteroatoms. The lowest BCUT2D eigenvalue weighted by molar-refractivity contribution is 0.0600. The van der Waals surface area contributed by atoms with E-state index in [2.05, 4.69) is 71.0 Å². The molecule has 4 aromatic rings. The highest BCUT2D eigenvalue weighted by molar-refractivity contribution is 5.98. The third kappa shape index (κ3) is 5.21. The van der Waals surface area contributed by atoms with Gasteiger partial charge in [-0.05, 0) is 99.7 Å². The highest BCUT2D eigenvalue weighted by Crippen LogP contribution is 2.45. The number of carbonyl (C=O) groups is 2. The standard InChI is InChI=1S/C37H42N4O3/c1-26-38-33-13-6-7-14-34(33)41(26)32-24-30-15-16-31(25-32)40(30)22-19-37(29-11-4-3-5-12-29)17-20-39(21-18-37)35(42)27-9-8-10-28(23-27)36(43)44-2/h3-14,23,30-32H,15-22,24-25H2,1-2H3/t30-,31+,32?. The average molecular weight is 591 g/mol. The minimum Gasteiger partial charge on any atom is -0.465 e. The number of fused-ring (bicyclic) bond motifs is 3. The van der Waals surface area contributed by atoms with Crippen LogP contribution >= 0.6 is 0 Å². The van der Waals surface area contributed by atoms with Crippen molar-refractivity contribution < 1.29 is 14.3 Å². The second-order valence-electron chi connectivity index (χ2n) is 13.0. The van der Waals surface area contributed by atoms with E-state index >= 15 is 0 Å². The van der Waals surface area contributed by atoms with Crippen LogP contribution < -0.4 is 0 Å². The number of para-hydroxylation sites is 2. The Labute approximate surface area is 259 Å². The topological polar surface area (TPSA) is 67.7 Å². The van der Waals surface area contributed by atoms with Crippen LogP contribution in [0.5, 0.6) is 0 Å². The van der Waals surface area contributed by atoms with Crippen LogP contribution in [0.1, 0.15) is 83.1 Å². The predicted octanol–water partition coefficient (Wildman–Crippen LogP) is 6.56. The normalized spacial score (nSPS) is 23.1. The summed E-state index contributed by atoms with van der Waals surface area (Å²) in [4.78, 5) is 35.2. The second-order valence-corrected chi connectivity index (χ2v) is 13.0. The molecule has 0 radical (unpaired) electrons. The lowest BCUT2D eigenvalue weighted by atomic mass is 9.70. The van der Waals surface area contributed by atoms with Crippen LogP contribution in [0.15, 0.2) is 78.9 Å². The van der Waals surface area contributed by atoms with E-state index in [1.165, 1.54) is 43.9 Å². The number of amides is 1.